The Bertz CT molecular complexity index is 1110. The highest BCUT2D eigenvalue weighted by Crippen LogP contribution is 2.30. The fourth-order valence-electron chi connectivity index (χ4n) is 4.30. The van der Waals surface area contributed by atoms with E-state index in [0.29, 0.717) is 44.2 Å². The van der Waals surface area contributed by atoms with Crippen LogP contribution < -0.4 is 4.90 Å². The van der Waals surface area contributed by atoms with Crippen LogP contribution in [-0.4, -0.2) is 71.1 Å². The molecule has 0 bridgehead atoms. The van der Waals surface area contributed by atoms with E-state index in [1.54, 1.807) is 4.90 Å². The van der Waals surface area contributed by atoms with E-state index < -0.39 is 0 Å². The molecule has 34 heavy (non-hydrogen) atoms. The Morgan fingerprint density at radius 1 is 0.824 bits per heavy atom. The van der Waals surface area contributed by atoms with Crippen LogP contribution in [0.25, 0.3) is 11.3 Å². The number of amides is 2. The van der Waals surface area contributed by atoms with E-state index in [1.165, 1.54) is 0 Å². The normalized spacial score (nSPS) is 15.8. The van der Waals surface area contributed by atoms with Crippen LogP contribution in [0.3, 0.4) is 0 Å². The molecule has 1 aliphatic carbocycles. The number of hydrogen-bond donors (Lipinski definition) is 0. The fourth-order valence-corrected chi connectivity index (χ4v) is 4.30. The maximum atomic E-state index is 13.1. The maximum Gasteiger partial charge on any atom is 0.254 e. The molecule has 2 fully saturated rings. The summed E-state index contributed by atoms with van der Waals surface area (Å²) in [5, 5.41) is 8.80. The monoisotopic (exact) mass is 455 g/mol. The summed E-state index contributed by atoms with van der Waals surface area (Å²) in [5.41, 5.74) is 2.52. The Balaban J connectivity index is 1.17. The smallest absolute Gasteiger partial charge is 0.254 e. The standard InChI is InChI=1S/C27H29N5O2/c33-26(20-32(19-21-11-12-21)27(34)23-9-5-2-6-10-23)31-17-15-30(16-18-31)25-14-13-24(28-29-25)22-7-3-1-4-8-22/h1-10,13-14,21H,11-12,15-20H2. The highest BCUT2D eigenvalue weighted by atomic mass is 16.2. The largest absolute Gasteiger partial charge is 0.352 e. The van der Waals surface area contributed by atoms with Crippen LogP contribution in [0, 0.1) is 5.92 Å². The molecule has 2 amide bonds. The topological polar surface area (TPSA) is 69.6 Å². The van der Waals surface area contributed by atoms with Gasteiger partial charge in [-0.25, -0.2) is 0 Å². The minimum atomic E-state index is -0.0618. The summed E-state index contributed by atoms with van der Waals surface area (Å²) in [6.07, 6.45) is 2.27. The molecule has 7 nitrogen and oxygen atoms in total. The van der Waals surface area contributed by atoms with Crippen LogP contribution >= 0.6 is 0 Å². The van der Waals surface area contributed by atoms with E-state index in [4.69, 9.17) is 0 Å². The zero-order valence-corrected chi connectivity index (χ0v) is 19.2. The third kappa shape index (κ3) is 5.25. The number of aromatic nitrogens is 2. The first-order valence-electron chi connectivity index (χ1n) is 11.9. The van der Waals surface area contributed by atoms with Gasteiger partial charge in [0.1, 0.15) is 6.54 Å². The molecule has 0 spiro atoms. The average molecular weight is 456 g/mol. The zero-order valence-electron chi connectivity index (χ0n) is 19.2. The molecule has 0 unspecified atom stereocenters. The number of rotatable bonds is 7. The third-order valence-electron chi connectivity index (χ3n) is 6.49. The predicted octanol–water partition coefficient (Wildman–Crippen LogP) is 3.34. The molecular formula is C27H29N5O2. The van der Waals surface area contributed by atoms with Gasteiger partial charge in [-0.05, 0) is 43.0 Å². The molecule has 5 rings (SSSR count). The Hall–Kier alpha value is -3.74. The average Bonchev–Trinajstić information content (AvgIpc) is 3.73. The van der Waals surface area contributed by atoms with Gasteiger partial charge in [0.25, 0.3) is 5.91 Å². The lowest BCUT2D eigenvalue weighted by molar-refractivity contribution is -0.132. The van der Waals surface area contributed by atoms with E-state index in [1.807, 2.05) is 77.7 Å². The van der Waals surface area contributed by atoms with Crippen molar-refractivity contribution in [2.75, 3.05) is 44.2 Å². The molecule has 1 saturated carbocycles. The molecule has 1 saturated heterocycles. The summed E-state index contributed by atoms with van der Waals surface area (Å²) in [6.45, 7) is 3.40. The van der Waals surface area contributed by atoms with Gasteiger partial charge in [0, 0.05) is 43.9 Å². The molecule has 1 aromatic heterocycles. The van der Waals surface area contributed by atoms with Crippen LogP contribution in [0.1, 0.15) is 23.2 Å². The van der Waals surface area contributed by atoms with Crippen LogP contribution in [0.5, 0.6) is 0 Å². The van der Waals surface area contributed by atoms with E-state index in [-0.39, 0.29) is 18.4 Å². The van der Waals surface area contributed by atoms with E-state index in [0.717, 1.165) is 29.9 Å². The van der Waals surface area contributed by atoms with Crippen molar-refractivity contribution in [1.82, 2.24) is 20.0 Å². The highest BCUT2D eigenvalue weighted by molar-refractivity contribution is 5.96. The molecule has 7 heteroatoms. The number of piperazine rings is 1. The molecule has 0 atom stereocenters. The quantitative estimate of drug-likeness (QED) is 0.547. The second kappa shape index (κ2) is 10.0. The van der Waals surface area contributed by atoms with E-state index in [2.05, 4.69) is 15.1 Å². The second-order valence-corrected chi connectivity index (χ2v) is 9.01. The predicted molar refractivity (Wildman–Crippen MR) is 131 cm³/mol. The van der Waals surface area contributed by atoms with Gasteiger partial charge in [0.05, 0.1) is 5.69 Å². The lowest BCUT2D eigenvalue weighted by atomic mass is 10.1. The number of anilines is 1. The number of nitrogens with zero attached hydrogens (tertiary/aromatic N) is 5. The van der Waals surface area contributed by atoms with Crippen molar-refractivity contribution in [3.8, 4) is 11.3 Å². The molecule has 2 heterocycles. The van der Waals surface area contributed by atoms with E-state index >= 15 is 0 Å². The molecule has 2 aromatic carbocycles. The Morgan fingerprint density at radius 3 is 2.12 bits per heavy atom. The third-order valence-corrected chi connectivity index (χ3v) is 6.49. The summed E-state index contributed by atoms with van der Waals surface area (Å²) in [5.74, 6) is 1.29. The van der Waals surface area contributed by atoms with Gasteiger partial charge in [-0.3, -0.25) is 9.59 Å². The first-order valence-corrected chi connectivity index (χ1v) is 11.9. The van der Waals surface area contributed by atoms with Crippen molar-refractivity contribution < 1.29 is 9.59 Å². The highest BCUT2D eigenvalue weighted by Gasteiger charge is 2.30. The SMILES string of the molecule is O=C(CN(CC1CC1)C(=O)c1ccccc1)N1CCN(c2ccc(-c3ccccc3)nn2)CC1. The van der Waals surface area contributed by atoms with Crippen molar-refractivity contribution in [2.45, 2.75) is 12.8 Å². The van der Waals surface area contributed by atoms with Crippen molar-refractivity contribution >= 4 is 17.6 Å². The van der Waals surface area contributed by atoms with Gasteiger partial charge in [-0.15, -0.1) is 10.2 Å². The van der Waals surface area contributed by atoms with Crippen LogP contribution in [0.15, 0.2) is 72.8 Å². The summed E-state index contributed by atoms with van der Waals surface area (Å²) >= 11 is 0. The van der Waals surface area contributed by atoms with Crippen molar-refractivity contribution in [3.05, 3.63) is 78.4 Å². The van der Waals surface area contributed by atoms with Gasteiger partial charge in [0.15, 0.2) is 5.82 Å². The minimum absolute atomic E-state index is 0.00934. The maximum absolute atomic E-state index is 13.1. The van der Waals surface area contributed by atoms with Crippen LogP contribution in [0.2, 0.25) is 0 Å². The molecule has 2 aliphatic rings. The number of carbonyl (C=O) groups is 2. The Labute approximate surface area is 200 Å². The van der Waals surface area contributed by atoms with E-state index in [9.17, 15) is 9.59 Å². The number of hydrogen-bond acceptors (Lipinski definition) is 5. The van der Waals surface area contributed by atoms with Crippen molar-refractivity contribution in [1.29, 1.82) is 0 Å². The molecule has 1 aliphatic heterocycles. The van der Waals surface area contributed by atoms with Gasteiger partial charge < -0.3 is 14.7 Å². The Kier molecular flexibility index (Phi) is 6.51. The van der Waals surface area contributed by atoms with Gasteiger partial charge in [0.2, 0.25) is 5.91 Å². The summed E-state index contributed by atoms with van der Waals surface area (Å²) in [4.78, 5) is 31.9. The molecular weight excluding hydrogens is 426 g/mol. The second-order valence-electron chi connectivity index (χ2n) is 9.01. The molecule has 0 N–H and O–H groups in total. The number of benzene rings is 2. The summed E-state index contributed by atoms with van der Waals surface area (Å²) < 4.78 is 0. The fraction of sp³-hybridized carbons (Fsp3) is 0.333. The van der Waals surface area contributed by atoms with Crippen molar-refractivity contribution in [3.63, 3.8) is 0 Å². The zero-order chi connectivity index (χ0) is 23.3. The van der Waals surface area contributed by atoms with Gasteiger partial charge in [-0.1, -0.05) is 48.5 Å². The first-order chi connectivity index (χ1) is 16.7. The lowest BCUT2D eigenvalue weighted by Gasteiger charge is -2.36. The first kappa shape index (κ1) is 22.1. The van der Waals surface area contributed by atoms with Crippen molar-refractivity contribution in [2.24, 2.45) is 5.92 Å². The molecule has 3 aromatic rings. The van der Waals surface area contributed by atoms with Crippen LogP contribution in [-0.2, 0) is 4.79 Å². The van der Waals surface area contributed by atoms with Gasteiger partial charge >= 0.3 is 0 Å². The summed E-state index contributed by atoms with van der Waals surface area (Å²) in [7, 11) is 0. The minimum Gasteiger partial charge on any atom is -0.352 e. The number of carbonyl (C=O) groups excluding carboxylic acids is 2. The van der Waals surface area contributed by atoms with Gasteiger partial charge in [-0.2, -0.15) is 0 Å². The van der Waals surface area contributed by atoms with Crippen LogP contribution in [0.4, 0.5) is 5.82 Å². The summed E-state index contributed by atoms with van der Waals surface area (Å²) in [6, 6.07) is 23.2. The lowest BCUT2D eigenvalue weighted by Crippen LogP contribution is -2.52. The molecule has 174 valence electrons. The molecule has 0 radical (unpaired) electrons. The Morgan fingerprint density at radius 2 is 1.50 bits per heavy atom.